The van der Waals surface area contributed by atoms with Crippen LogP contribution in [0.2, 0.25) is 0 Å². The highest BCUT2D eigenvalue weighted by atomic mass is 16.5. The summed E-state index contributed by atoms with van der Waals surface area (Å²) in [5.41, 5.74) is 7.16. The fourth-order valence-corrected chi connectivity index (χ4v) is 3.02. The first kappa shape index (κ1) is 17.3. The highest BCUT2D eigenvalue weighted by molar-refractivity contribution is 5.82. The number of nitrogens with one attached hydrogen (secondary N) is 1. The van der Waals surface area contributed by atoms with Crippen molar-refractivity contribution in [2.75, 3.05) is 13.1 Å². The van der Waals surface area contributed by atoms with Crippen LogP contribution in [-0.4, -0.2) is 45.9 Å². The van der Waals surface area contributed by atoms with Crippen molar-refractivity contribution in [3.8, 4) is 11.8 Å². The molecule has 0 bridgehead atoms. The summed E-state index contributed by atoms with van der Waals surface area (Å²) in [6.07, 6.45) is 3.96. The molecule has 2 aromatic rings. The molecular formula is C18H23N5O2. The van der Waals surface area contributed by atoms with Crippen LogP contribution in [0.1, 0.15) is 18.9 Å². The number of ether oxygens (including phenoxy) is 1. The van der Waals surface area contributed by atoms with Crippen LogP contribution in [-0.2, 0) is 11.3 Å². The zero-order valence-corrected chi connectivity index (χ0v) is 14.3. The van der Waals surface area contributed by atoms with Crippen molar-refractivity contribution in [2.24, 2.45) is 5.73 Å². The Morgan fingerprint density at radius 3 is 2.72 bits per heavy atom. The number of hydrogen-bond donors (Lipinski definition) is 2. The Morgan fingerprint density at radius 1 is 1.32 bits per heavy atom. The van der Waals surface area contributed by atoms with Gasteiger partial charge in [0.2, 0.25) is 5.91 Å². The van der Waals surface area contributed by atoms with E-state index >= 15 is 0 Å². The largest absolute Gasteiger partial charge is 0.424 e. The van der Waals surface area contributed by atoms with Crippen molar-refractivity contribution in [2.45, 2.75) is 32.0 Å². The predicted molar refractivity (Wildman–Crippen MR) is 94.0 cm³/mol. The molecule has 2 atom stereocenters. The van der Waals surface area contributed by atoms with Crippen molar-refractivity contribution in [3.63, 3.8) is 0 Å². The molecule has 1 amide bonds. The summed E-state index contributed by atoms with van der Waals surface area (Å²) in [6, 6.07) is 9.65. The van der Waals surface area contributed by atoms with Gasteiger partial charge in [0, 0.05) is 38.1 Å². The van der Waals surface area contributed by atoms with E-state index in [2.05, 4.69) is 20.2 Å². The zero-order valence-electron chi connectivity index (χ0n) is 14.3. The van der Waals surface area contributed by atoms with Gasteiger partial charge in [0.1, 0.15) is 5.75 Å². The number of carbonyl (C=O) groups is 1. The first-order valence-electron chi connectivity index (χ1n) is 8.47. The minimum absolute atomic E-state index is 0.0328. The number of likely N-dealkylation sites (tertiary alicyclic amines) is 1. The van der Waals surface area contributed by atoms with Crippen LogP contribution in [0.25, 0.3) is 0 Å². The van der Waals surface area contributed by atoms with Gasteiger partial charge in [-0.2, -0.15) is 0 Å². The van der Waals surface area contributed by atoms with Gasteiger partial charge in [0.15, 0.2) is 0 Å². The number of amides is 1. The molecule has 1 fully saturated rings. The van der Waals surface area contributed by atoms with E-state index in [1.54, 1.807) is 18.5 Å². The fraction of sp³-hybridized carbons (Fsp3) is 0.389. The van der Waals surface area contributed by atoms with Crippen molar-refractivity contribution >= 4 is 5.91 Å². The van der Waals surface area contributed by atoms with Crippen LogP contribution in [0.5, 0.6) is 11.8 Å². The SMILES string of the molecule is CCNC(=O)[C@@H]1C[C@@H](N)CN1Cc1ccc(Oc2ncccn2)cc1. The van der Waals surface area contributed by atoms with Crippen LogP contribution in [0.15, 0.2) is 42.7 Å². The lowest BCUT2D eigenvalue weighted by Gasteiger charge is -2.23. The van der Waals surface area contributed by atoms with Gasteiger partial charge >= 0.3 is 6.01 Å². The first-order valence-corrected chi connectivity index (χ1v) is 8.47. The third-order valence-corrected chi connectivity index (χ3v) is 4.15. The molecule has 0 aliphatic carbocycles. The number of likely N-dealkylation sites (N-methyl/N-ethyl adjacent to an activating group) is 1. The minimum atomic E-state index is -0.163. The van der Waals surface area contributed by atoms with Gasteiger partial charge in [0.25, 0.3) is 0 Å². The van der Waals surface area contributed by atoms with E-state index in [0.717, 1.165) is 12.1 Å². The molecule has 1 aromatic heterocycles. The van der Waals surface area contributed by atoms with E-state index in [9.17, 15) is 4.79 Å². The molecule has 0 saturated carbocycles. The molecule has 2 heterocycles. The summed E-state index contributed by atoms with van der Waals surface area (Å²) in [5.74, 6) is 0.727. The standard InChI is InChI=1S/C18H23N5O2/c1-2-20-17(24)16-10-14(19)12-23(16)11-13-4-6-15(7-5-13)25-18-21-8-3-9-22-18/h3-9,14,16H,2,10-12,19H2,1H3,(H,20,24)/t14-,16+/m1/s1. The lowest BCUT2D eigenvalue weighted by Crippen LogP contribution is -2.42. The number of nitrogens with two attached hydrogens (primary N) is 1. The third-order valence-electron chi connectivity index (χ3n) is 4.15. The van der Waals surface area contributed by atoms with Crippen molar-refractivity contribution in [3.05, 3.63) is 48.3 Å². The maximum Gasteiger partial charge on any atom is 0.321 e. The Hall–Kier alpha value is -2.51. The maximum absolute atomic E-state index is 12.2. The van der Waals surface area contributed by atoms with E-state index in [-0.39, 0.29) is 18.0 Å². The van der Waals surface area contributed by atoms with Gasteiger partial charge in [-0.3, -0.25) is 9.69 Å². The second-order valence-corrected chi connectivity index (χ2v) is 6.11. The van der Waals surface area contributed by atoms with E-state index < -0.39 is 0 Å². The second kappa shape index (κ2) is 8.04. The molecule has 3 N–H and O–H groups in total. The Balaban J connectivity index is 1.63. The normalized spacial score (nSPS) is 20.4. The Bertz CT molecular complexity index is 692. The van der Waals surface area contributed by atoms with Gasteiger partial charge in [-0.25, -0.2) is 9.97 Å². The van der Waals surface area contributed by atoms with Crippen LogP contribution in [0.4, 0.5) is 0 Å². The Labute approximate surface area is 147 Å². The number of carbonyl (C=O) groups excluding carboxylic acids is 1. The molecule has 0 spiro atoms. The van der Waals surface area contributed by atoms with Gasteiger partial charge in [-0.05, 0) is 37.1 Å². The summed E-state index contributed by atoms with van der Waals surface area (Å²) >= 11 is 0. The summed E-state index contributed by atoms with van der Waals surface area (Å²) in [5, 5.41) is 2.89. The van der Waals surface area contributed by atoms with Crippen LogP contribution >= 0.6 is 0 Å². The molecule has 1 aromatic carbocycles. The molecule has 25 heavy (non-hydrogen) atoms. The number of rotatable bonds is 6. The summed E-state index contributed by atoms with van der Waals surface area (Å²) in [6.45, 7) is 3.95. The van der Waals surface area contributed by atoms with E-state index in [1.807, 2.05) is 31.2 Å². The predicted octanol–water partition coefficient (Wildman–Crippen LogP) is 1.31. The van der Waals surface area contributed by atoms with Gasteiger partial charge in [0.05, 0.1) is 6.04 Å². The molecule has 132 valence electrons. The van der Waals surface area contributed by atoms with E-state index in [0.29, 0.717) is 31.3 Å². The lowest BCUT2D eigenvalue weighted by atomic mass is 10.1. The highest BCUT2D eigenvalue weighted by Crippen LogP contribution is 2.22. The number of nitrogens with zero attached hydrogens (tertiary/aromatic N) is 3. The number of benzene rings is 1. The molecule has 1 saturated heterocycles. The molecule has 1 aliphatic heterocycles. The quantitative estimate of drug-likeness (QED) is 0.823. The number of hydrogen-bond acceptors (Lipinski definition) is 6. The fourth-order valence-electron chi connectivity index (χ4n) is 3.02. The summed E-state index contributed by atoms with van der Waals surface area (Å²) in [4.78, 5) is 22.4. The van der Waals surface area contributed by atoms with Gasteiger partial charge in [-0.15, -0.1) is 0 Å². The molecular weight excluding hydrogens is 318 g/mol. The average molecular weight is 341 g/mol. The van der Waals surface area contributed by atoms with Crippen molar-refractivity contribution < 1.29 is 9.53 Å². The first-order chi connectivity index (χ1) is 12.2. The zero-order chi connectivity index (χ0) is 17.6. The molecule has 0 unspecified atom stereocenters. The Morgan fingerprint density at radius 2 is 2.04 bits per heavy atom. The van der Waals surface area contributed by atoms with Crippen LogP contribution < -0.4 is 15.8 Å². The van der Waals surface area contributed by atoms with Crippen LogP contribution in [0, 0.1) is 0 Å². The van der Waals surface area contributed by atoms with Gasteiger partial charge < -0.3 is 15.8 Å². The summed E-state index contributed by atoms with van der Waals surface area (Å²) in [7, 11) is 0. The molecule has 0 radical (unpaired) electrons. The molecule has 3 rings (SSSR count). The van der Waals surface area contributed by atoms with Crippen LogP contribution in [0.3, 0.4) is 0 Å². The molecule has 7 heteroatoms. The van der Waals surface area contributed by atoms with E-state index in [4.69, 9.17) is 10.5 Å². The third kappa shape index (κ3) is 4.52. The van der Waals surface area contributed by atoms with E-state index in [1.165, 1.54) is 0 Å². The van der Waals surface area contributed by atoms with Crippen molar-refractivity contribution in [1.29, 1.82) is 0 Å². The summed E-state index contributed by atoms with van der Waals surface area (Å²) < 4.78 is 5.59. The second-order valence-electron chi connectivity index (χ2n) is 6.11. The topological polar surface area (TPSA) is 93.4 Å². The minimum Gasteiger partial charge on any atom is -0.424 e. The smallest absolute Gasteiger partial charge is 0.321 e. The average Bonchev–Trinajstić information content (AvgIpc) is 2.98. The maximum atomic E-state index is 12.2. The monoisotopic (exact) mass is 341 g/mol. The van der Waals surface area contributed by atoms with Gasteiger partial charge in [-0.1, -0.05) is 12.1 Å². The molecule has 1 aliphatic rings. The lowest BCUT2D eigenvalue weighted by molar-refractivity contribution is -0.125. The molecule has 7 nitrogen and oxygen atoms in total. The highest BCUT2D eigenvalue weighted by Gasteiger charge is 2.34. The Kier molecular flexibility index (Phi) is 5.57. The van der Waals surface area contributed by atoms with Crippen molar-refractivity contribution in [1.82, 2.24) is 20.2 Å². The number of aromatic nitrogens is 2.